The normalized spacial score (nSPS) is 10.7. The zero-order valence-corrected chi connectivity index (χ0v) is 14.7. The molecule has 9 heteroatoms. The lowest BCUT2D eigenvalue weighted by Gasteiger charge is -2.11. The standard InChI is InChI=1S/C20H13F3N4O2/c21-20(22,23)13-2-1-3-15(10-13)27-19(28)26-14-4-6-17(7-5-14)29-18-8-9-25-16(11-18)12-24/h1-11H,(H2,26,27,28). The van der Waals surface area contributed by atoms with Gasteiger partial charge in [0.2, 0.25) is 0 Å². The zero-order chi connectivity index (χ0) is 20.9. The molecule has 29 heavy (non-hydrogen) atoms. The second-order valence-electron chi connectivity index (χ2n) is 5.77. The maximum atomic E-state index is 12.7. The van der Waals surface area contributed by atoms with Gasteiger partial charge in [0.15, 0.2) is 0 Å². The molecule has 0 radical (unpaired) electrons. The SMILES string of the molecule is N#Cc1cc(Oc2ccc(NC(=O)Nc3cccc(C(F)(F)F)c3)cc2)ccn1. The maximum Gasteiger partial charge on any atom is 0.416 e. The predicted octanol–water partition coefficient (Wildman–Crippen LogP) is 5.41. The molecule has 0 saturated heterocycles. The van der Waals surface area contributed by atoms with Crippen LogP contribution in [-0.4, -0.2) is 11.0 Å². The number of amides is 2. The molecule has 2 aromatic carbocycles. The van der Waals surface area contributed by atoms with E-state index in [4.69, 9.17) is 10.00 Å². The molecule has 0 fully saturated rings. The fourth-order valence-electron chi connectivity index (χ4n) is 2.34. The van der Waals surface area contributed by atoms with E-state index >= 15 is 0 Å². The second-order valence-corrected chi connectivity index (χ2v) is 5.77. The average Bonchev–Trinajstić information content (AvgIpc) is 2.69. The number of urea groups is 1. The average molecular weight is 398 g/mol. The van der Waals surface area contributed by atoms with Crippen molar-refractivity contribution < 1.29 is 22.7 Å². The number of halogens is 3. The number of ether oxygens (including phenoxy) is 1. The van der Waals surface area contributed by atoms with E-state index in [0.717, 1.165) is 12.1 Å². The number of anilines is 2. The van der Waals surface area contributed by atoms with Gasteiger partial charge in [-0.25, -0.2) is 9.78 Å². The van der Waals surface area contributed by atoms with Crippen LogP contribution in [0.5, 0.6) is 11.5 Å². The number of pyridine rings is 1. The van der Waals surface area contributed by atoms with Crippen molar-refractivity contribution in [3.63, 3.8) is 0 Å². The molecule has 0 aliphatic rings. The van der Waals surface area contributed by atoms with Gasteiger partial charge in [-0.2, -0.15) is 18.4 Å². The number of hydrogen-bond acceptors (Lipinski definition) is 4. The number of nitrogens with one attached hydrogen (secondary N) is 2. The number of aromatic nitrogens is 1. The first kappa shape index (κ1) is 19.7. The lowest BCUT2D eigenvalue weighted by Crippen LogP contribution is -2.19. The van der Waals surface area contributed by atoms with Gasteiger partial charge < -0.3 is 15.4 Å². The van der Waals surface area contributed by atoms with Gasteiger partial charge in [-0.05, 0) is 48.5 Å². The summed E-state index contributed by atoms with van der Waals surface area (Å²) in [6.45, 7) is 0. The van der Waals surface area contributed by atoms with Crippen LogP contribution in [0.3, 0.4) is 0 Å². The Balaban J connectivity index is 1.61. The number of nitriles is 1. The van der Waals surface area contributed by atoms with Crippen LogP contribution < -0.4 is 15.4 Å². The Bertz CT molecular complexity index is 1060. The van der Waals surface area contributed by atoms with E-state index in [1.807, 2.05) is 6.07 Å². The van der Waals surface area contributed by atoms with Crippen molar-refractivity contribution in [1.82, 2.24) is 4.98 Å². The van der Waals surface area contributed by atoms with Crippen LogP contribution >= 0.6 is 0 Å². The lowest BCUT2D eigenvalue weighted by atomic mass is 10.2. The monoisotopic (exact) mass is 398 g/mol. The molecule has 3 rings (SSSR count). The van der Waals surface area contributed by atoms with E-state index in [2.05, 4.69) is 15.6 Å². The summed E-state index contributed by atoms with van der Waals surface area (Å²) in [5, 5.41) is 13.7. The van der Waals surface area contributed by atoms with Crippen LogP contribution in [0.2, 0.25) is 0 Å². The van der Waals surface area contributed by atoms with Crippen LogP contribution in [0.1, 0.15) is 11.3 Å². The molecule has 146 valence electrons. The Labute approximate surface area is 163 Å². The molecule has 6 nitrogen and oxygen atoms in total. The Morgan fingerprint density at radius 3 is 2.38 bits per heavy atom. The van der Waals surface area contributed by atoms with E-state index in [9.17, 15) is 18.0 Å². The summed E-state index contributed by atoms with van der Waals surface area (Å²) in [7, 11) is 0. The zero-order valence-electron chi connectivity index (χ0n) is 14.7. The third kappa shape index (κ3) is 5.46. The summed E-state index contributed by atoms with van der Waals surface area (Å²) >= 11 is 0. The van der Waals surface area contributed by atoms with Gasteiger partial charge in [0.05, 0.1) is 5.56 Å². The molecule has 0 saturated carbocycles. The molecule has 0 spiro atoms. The number of benzene rings is 2. The Morgan fingerprint density at radius 1 is 0.966 bits per heavy atom. The second kappa shape index (κ2) is 8.31. The quantitative estimate of drug-likeness (QED) is 0.615. The minimum atomic E-state index is -4.49. The molecule has 0 unspecified atom stereocenters. The Hall–Kier alpha value is -4.06. The predicted molar refractivity (Wildman–Crippen MR) is 99.6 cm³/mol. The number of nitrogens with zero attached hydrogens (tertiary/aromatic N) is 2. The van der Waals surface area contributed by atoms with Gasteiger partial charge in [0.25, 0.3) is 0 Å². The van der Waals surface area contributed by atoms with Crippen LogP contribution in [0.4, 0.5) is 29.3 Å². The molecule has 1 aromatic heterocycles. The summed E-state index contributed by atoms with van der Waals surface area (Å²) < 4.78 is 43.8. The Kier molecular flexibility index (Phi) is 5.64. The fraction of sp³-hybridized carbons (Fsp3) is 0.0500. The molecule has 2 N–H and O–H groups in total. The van der Waals surface area contributed by atoms with Gasteiger partial charge in [-0.3, -0.25) is 0 Å². The number of rotatable bonds is 4. The third-order valence-corrected chi connectivity index (χ3v) is 3.64. The highest BCUT2D eigenvalue weighted by atomic mass is 19.4. The summed E-state index contributed by atoms with van der Waals surface area (Å²) in [5.41, 5.74) is -0.211. The smallest absolute Gasteiger partial charge is 0.416 e. The van der Waals surface area contributed by atoms with Crippen LogP contribution in [0.25, 0.3) is 0 Å². The van der Waals surface area contributed by atoms with Crippen molar-refractivity contribution in [3.8, 4) is 17.6 Å². The van der Waals surface area contributed by atoms with Crippen molar-refractivity contribution in [3.05, 3.63) is 78.1 Å². The highest BCUT2D eigenvalue weighted by molar-refractivity contribution is 5.99. The first-order valence-electron chi connectivity index (χ1n) is 8.23. The van der Waals surface area contributed by atoms with Gasteiger partial charge in [0.1, 0.15) is 23.3 Å². The van der Waals surface area contributed by atoms with E-state index in [0.29, 0.717) is 17.2 Å². The van der Waals surface area contributed by atoms with E-state index in [1.54, 1.807) is 30.3 Å². The van der Waals surface area contributed by atoms with Crippen molar-refractivity contribution in [2.75, 3.05) is 10.6 Å². The summed E-state index contributed by atoms with van der Waals surface area (Å²) in [6.07, 6.45) is -3.05. The summed E-state index contributed by atoms with van der Waals surface area (Å²) in [5.74, 6) is 0.892. The van der Waals surface area contributed by atoms with Gasteiger partial charge in [-0.15, -0.1) is 0 Å². The summed E-state index contributed by atoms with van der Waals surface area (Å²) in [6, 6.07) is 14.9. The minimum absolute atomic E-state index is 0.0169. The molecule has 2 amide bonds. The van der Waals surface area contributed by atoms with Gasteiger partial charge >= 0.3 is 12.2 Å². The van der Waals surface area contributed by atoms with Crippen molar-refractivity contribution in [2.24, 2.45) is 0 Å². The van der Waals surface area contributed by atoms with Crippen LogP contribution in [0.15, 0.2) is 66.9 Å². The molecule has 3 aromatic rings. The first-order chi connectivity index (χ1) is 13.8. The van der Waals surface area contributed by atoms with Crippen LogP contribution in [-0.2, 0) is 6.18 Å². The molecular formula is C20H13F3N4O2. The number of alkyl halides is 3. The number of hydrogen-bond donors (Lipinski definition) is 2. The highest BCUT2D eigenvalue weighted by Crippen LogP contribution is 2.30. The maximum absolute atomic E-state index is 12.7. The molecule has 1 heterocycles. The Morgan fingerprint density at radius 2 is 1.69 bits per heavy atom. The molecular weight excluding hydrogens is 385 g/mol. The lowest BCUT2D eigenvalue weighted by molar-refractivity contribution is -0.137. The molecule has 0 aliphatic carbocycles. The van der Waals surface area contributed by atoms with E-state index in [1.165, 1.54) is 24.4 Å². The third-order valence-electron chi connectivity index (χ3n) is 3.64. The molecule has 0 bridgehead atoms. The van der Waals surface area contributed by atoms with Gasteiger partial charge in [0, 0.05) is 23.6 Å². The highest BCUT2D eigenvalue weighted by Gasteiger charge is 2.30. The van der Waals surface area contributed by atoms with Crippen molar-refractivity contribution >= 4 is 17.4 Å². The number of carbonyl (C=O) groups is 1. The van der Waals surface area contributed by atoms with Crippen LogP contribution in [0, 0.1) is 11.3 Å². The van der Waals surface area contributed by atoms with Crippen molar-refractivity contribution in [2.45, 2.75) is 6.18 Å². The topological polar surface area (TPSA) is 87.0 Å². The minimum Gasteiger partial charge on any atom is -0.457 e. The fourth-order valence-corrected chi connectivity index (χ4v) is 2.34. The van der Waals surface area contributed by atoms with E-state index in [-0.39, 0.29) is 11.4 Å². The first-order valence-corrected chi connectivity index (χ1v) is 8.23. The molecule has 0 aliphatic heterocycles. The van der Waals surface area contributed by atoms with Crippen molar-refractivity contribution in [1.29, 1.82) is 5.26 Å². The molecule has 0 atom stereocenters. The summed E-state index contributed by atoms with van der Waals surface area (Å²) in [4.78, 5) is 15.9. The van der Waals surface area contributed by atoms with E-state index < -0.39 is 17.8 Å². The van der Waals surface area contributed by atoms with Gasteiger partial charge in [-0.1, -0.05) is 6.07 Å². The number of carbonyl (C=O) groups excluding carboxylic acids is 1. The largest absolute Gasteiger partial charge is 0.457 e.